The average Bonchev–Trinajstić information content (AvgIpc) is 3.01. The van der Waals surface area contributed by atoms with Crippen LogP contribution in [0.3, 0.4) is 0 Å². The first kappa shape index (κ1) is 11.8. The quantitative estimate of drug-likeness (QED) is 0.822. The molecular formula is C11H17N5O. The molecule has 92 valence electrons. The van der Waals surface area contributed by atoms with Crippen molar-refractivity contribution in [3.63, 3.8) is 0 Å². The van der Waals surface area contributed by atoms with Crippen LogP contribution in [0.1, 0.15) is 32.1 Å². The van der Waals surface area contributed by atoms with Crippen molar-refractivity contribution >= 4 is 0 Å². The molecule has 2 aromatic heterocycles. The number of nitrogens with one attached hydrogen (secondary N) is 2. The Balaban J connectivity index is 2.18. The van der Waals surface area contributed by atoms with E-state index in [1.54, 1.807) is 12.4 Å². The fourth-order valence-electron chi connectivity index (χ4n) is 1.88. The van der Waals surface area contributed by atoms with Crippen LogP contribution in [0.25, 0.3) is 11.6 Å². The van der Waals surface area contributed by atoms with Crippen molar-refractivity contribution in [3.05, 3.63) is 18.3 Å². The van der Waals surface area contributed by atoms with Gasteiger partial charge in [-0.1, -0.05) is 19.0 Å². The molecule has 0 bridgehead atoms. The summed E-state index contributed by atoms with van der Waals surface area (Å²) < 4.78 is 5.27. The number of aromatic amines is 1. The smallest absolute Gasteiger partial charge is 0.238 e. The second-order valence-corrected chi connectivity index (χ2v) is 3.99. The monoisotopic (exact) mass is 235 g/mol. The van der Waals surface area contributed by atoms with E-state index in [0.717, 1.165) is 6.42 Å². The molecule has 0 aromatic carbocycles. The third kappa shape index (κ3) is 2.36. The summed E-state index contributed by atoms with van der Waals surface area (Å²) in [7, 11) is 1.94. The topological polar surface area (TPSA) is 79.6 Å². The zero-order chi connectivity index (χ0) is 12.3. The van der Waals surface area contributed by atoms with Crippen LogP contribution in [-0.2, 0) is 0 Å². The molecule has 17 heavy (non-hydrogen) atoms. The molecule has 0 radical (unpaired) electrons. The van der Waals surface area contributed by atoms with Gasteiger partial charge < -0.3 is 14.8 Å². The molecule has 0 saturated heterocycles. The van der Waals surface area contributed by atoms with Crippen molar-refractivity contribution in [1.82, 2.24) is 25.4 Å². The van der Waals surface area contributed by atoms with Gasteiger partial charge >= 0.3 is 0 Å². The maximum absolute atomic E-state index is 5.27. The van der Waals surface area contributed by atoms with Crippen molar-refractivity contribution in [2.45, 2.75) is 32.2 Å². The van der Waals surface area contributed by atoms with Gasteiger partial charge in [-0.05, 0) is 13.5 Å². The Morgan fingerprint density at radius 1 is 1.53 bits per heavy atom. The van der Waals surface area contributed by atoms with E-state index in [1.807, 2.05) is 7.05 Å². The van der Waals surface area contributed by atoms with E-state index in [9.17, 15) is 0 Å². The van der Waals surface area contributed by atoms with Gasteiger partial charge in [0, 0.05) is 18.4 Å². The fourth-order valence-corrected chi connectivity index (χ4v) is 1.88. The maximum Gasteiger partial charge on any atom is 0.238 e. The van der Waals surface area contributed by atoms with Gasteiger partial charge in [-0.25, -0.2) is 4.98 Å². The van der Waals surface area contributed by atoms with Gasteiger partial charge in [0.25, 0.3) is 0 Å². The van der Waals surface area contributed by atoms with Crippen molar-refractivity contribution in [2.24, 2.45) is 0 Å². The molecular weight excluding hydrogens is 218 g/mol. The molecule has 6 heteroatoms. The van der Waals surface area contributed by atoms with Crippen molar-refractivity contribution < 1.29 is 4.52 Å². The van der Waals surface area contributed by atoms with Crippen molar-refractivity contribution in [2.75, 3.05) is 7.05 Å². The first-order valence-corrected chi connectivity index (χ1v) is 5.76. The lowest BCUT2D eigenvalue weighted by Gasteiger charge is -2.18. The fraction of sp³-hybridized carbons (Fsp3) is 0.545. The van der Waals surface area contributed by atoms with Crippen LogP contribution in [0.15, 0.2) is 16.9 Å². The minimum Gasteiger partial charge on any atom is -0.342 e. The van der Waals surface area contributed by atoms with E-state index in [2.05, 4.69) is 39.3 Å². The second kappa shape index (κ2) is 5.09. The van der Waals surface area contributed by atoms with E-state index >= 15 is 0 Å². The largest absolute Gasteiger partial charge is 0.342 e. The molecule has 6 nitrogen and oxygen atoms in total. The highest BCUT2D eigenvalue weighted by molar-refractivity contribution is 5.40. The SMILES string of the molecule is CCC(NC)C(C)c1nc(-c2ncc[nH]2)no1. The number of imidazole rings is 1. The molecule has 0 amide bonds. The standard InChI is InChI=1S/C11H17N5O/c1-4-8(12-3)7(2)11-15-10(16-17-11)9-13-5-6-14-9/h5-8,12H,4H2,1-3H3,(H,13,14). The van der Waals surface area contributed by atoms with Crippen LogP contribution < -0.4 is 5.32 Å². The molecule has 2 rings (SSSR count). The molecule has 2 N–H and O–H groups in total. The third-order valence-corrected chi connectivity index (χ3v) is 2.96. The summed E-state index contributed by atoms with van der Waals surface area (Å²) in [6.07, 6.45) is 4.41. The highest BCUT2D eigenvalue weighted by atomic mass is 16.5. The van der Waals surface area contributed by atoms with Crippen LogP contribution in [0, 0.1) is 0 Å². The number of hydrogen-bond donors (Lipinski definition) is 2. The van der Waals surface area contributed by atoms with Crippen molar-refractivity contribution in [3.8, 4) is 11.6 Å². The molecule has 0 aliphatic rings. The van der Waals surface area contributed by atoms with Gasteiger partial charge in [0.2, 0.25) is 11.7 Å². The van der Waals surface area contributed by atoms with Crippen molar-refractivity contribution in [1.29, 1.82) is 0 Å². The molecule has 0 aliphatic carbocycles. The Bertz CT molecular complexity index is 446. The van der Waals surface area contributed by atoms with E-state index < -0.39 is 0 Å². The Kier molecular flexibility index (Phi) is 3.53. The molecule has 0 saturated carbocycles. The van der Waals surface area contributed by atoms with Crippen LogP contribution in [0.4, 0.5) is 0 Å². The Hall–Kier alpha value is -1.69. The predicted octanol–water partition coefficient (Wildman–Crippen LogP) is 1.56. The van der Waals surface area contributed by atoms with Crippen LogP contribution in [0.2, 0.25) is 0 Å². The van der Waals surface area contributed by atoms with Gasteiger partial charge in [-0.2, -0.15) is 4.98 Å². The van der Waals surface area contributed by atoms with Gasteiger partial charge in [0.15, 0.2) is 5.82 Å². The van der Waals surface area contributed by atoms with E-state index in [0.29, 0.717) is 23.6 Å². The van der Waals surface area contributed by atoms with Gasteiger partial charge in [-0.3, -0.25) is 0 Å². The van der Waals surface area contributed by atoms with E-state index in [-0.39, 0.29) is 5.92 Å². The first-order chi connectivity index (χ1) is 8.26. The Morgan fingerprint density at radius 2 is 2.35 bits per heavy atom. The predicted molar refractivity (Wildman–Crippen MR) is 63.4 cm³/mol. The molecule has 2 atom stereocenters. The summed E-state index contributed by atoms with van der Waals surface area (Å²) in [4.78, 5) is 11.4. The first-order valence-electron chi connectivity index (χ1n) is 5.76. The molecule has 2 heterocycles. The highest BCUT2D eigenvalue weighted by Crippen LogP contribution is 2.21. The lowest BCUT2D eigenvalue weighted by Crippen LogP contribution is -2.30. The Morgan fingerprint density at radius 3 is 2.94 bits per heavy atom. The minimum atomic E-state index is 0.182. The number of likely N-dealkylation sites (N-methyl/N-ethyl adjacent to an activating group) is 1. The minimum absolute atomic E-state index is 0.182. The number of hydrogen-bond acceptors (Lipinski definition) is 5. The summed E-state index contributed by atoms with van der Waals surface area (Å²) in [5.41, 5.74) is 0. The number of nitrogens with zero attached hydrogens (tertiary/aromatic N) is 3. The number of rotatable bonds is 5. The summed E-state index contributed by atoms with van der Waals surface area (Å²) in [6.45, 7) is 4.20. The van der Waals surface area contributed by atoms with Crippen LogP contribution in [-0.4, -0.2) is 33.2 Å². The zero-order valence-corrected chi connectivity index (χ0v) is 10.3. The normalized spacial score (nSPS) is 14.8. The average molecular weight is 235 g/mol. The van der Waals surface area contributed by atoms with E-state index in [4.69, 9.17) is 4.52 Å². The lowest BCUT2D eigenvalue weighted by atomic mass is 10.00. The van der Waals surface area contributed by atoms with Gasteiger partial charge in [0.05, 0.1) is 5.92 Å². The number of H-pyrrole nitrogens is 1. The second-order valence-electron chi connectivity index (χ2n) is 3.99. The Labute approximate surface area is 99.8 Å². The molecule has 0 spiro atoms. The lowest BCUT2D eigenvalue weighted by molar-refractivity contribution is 0.326. The number of aromatic nitrogens is 4. The summed E-state index contributed by atoms with van der Waals surface area (Å²) >= 11 is 0. The summed E-state index contributed by atoms with van der Waals surface area (Å²) in [5.74, 6) is 1.95. The van der Waals surface area contributed by atoms with Crippen LogP contribution >= 0.6 is 0 Å². The zero-order valence-electron chi connectivity index (χ0n) is 10.3. The van der Waals surface area contributed by atoms with E-state index in [1.165, 1.54) is 0 Å². The third-order valence-electron chi connectivity index (χ3n) is 2.96. The molecule has 0 aliphatic heterocycles. The van der Waals surface area contributed by atoms with Gasteiger partial charge in [0.1, 0.15) is 0 Å². The molecule has 0 fully saturated rings. The summed E-state index contributed by atoms with van der Waals surface area (Å²) in [5, 5.41) is 7.17. The maximum atomic E-state index is 5.27. The molecule has 2 unspecified atom stereocenters. The summed E-state index contributed by atoms with van der Waals surface area (Å²) in [6, 6.07) is 0.333. The van der Waals surface area contributed by atoms with Gasteiger partial charge in [-0.15, -0.1) is 0 Å². The molecule has 2 aromatic rings. The van der Waals surface area contributed by atoms with Crippen LogP contribution in [0.5, 0.6) is 0 Å². The highest BCUT2D eigenvalue weighted by Gasteiger charge is 2.22.